The Bertz CT molecular complexity index is 814. The van der Waals surface area contributed by atoms with E-state index in [0.717, 1.165) is 12.2 Å². The van der Waals surface area contributed by atoms with Crippen LogP contribution in [0.1, 0.15) is 11.3 Å². The van der Waals surface area contributed by atoms with Crippen LogP contribution in [-0.2, 0) is 13.1 Å². The first-order valence-corrected chi connectivity index (χ1v) is 8.07. The number of rotatable bonds is 5. The van der Waals surface area contributed by atoms with Gasteiger partial charge in [-0.2, -0.15) is 0 Å². The van der Waals surface area contributed by atoms with Crippen LogP contribution in [0.3, 0.4) is 0 Å². The van der Waals surface area contributed by atoms with E-state index >= 15 is 0 Å². The lowest BCUT2D eigenvalue weighted by Gasteiger charge is -2.12. The topological polar surface area (TPSA) is 46.1 Å². The molecule has 0 saturated heterocycles. The fraction of sp³-hybridized carbons (Fsp3) is 0.105. The molecule has 24 heavy (non-hydrogen) atoms. The number of para-hydroxylation sites is 1. The standard InChI is InChI=1S/C19H18ClN3O/c20-17-10-4-5-11-18(17)22-19(24)21-13-16-9-6-12-23(16)14-15-7-2-1-3-8-15/h1-12H,13-14H2,(H2,21,22,24). The van der Waals surface area contributed by atoms with E-state index < -0.39 is 0 Å². The van der Waals surface area contributed by atoms with Gasteiger partial charge in [0, 0.05) is 18.4 Å². The van der Waals surface area contributed by atoms with Gasteiger partial charge in [-0.1, -0.05) is 54.1 Å². The van der Waals surface area contributed by atoms with Crippen molar-refractivity contribution in [1.29, 1.82) is 0 Å². The minimum Gasteiger partial charge on any atom is -0.345 e. The first-order chi connectivity index (χ1) is 11.7. The maximum Gasteiger partial charge on any atom is 0.319 e. The second kappa shape index (κ2) is 7.70. The van der Waals surface area contributed by atoms with E-state index in [2.05, 4.69) is 27.3 Å². The van der Waals surface area contributed by atoms with Crippen molar-refractivity contribution >= 4 is 23.3 Å². The molecule has 2 N–H and O–H groups in total. The van der Waals surface area contributed by atoms with Gasteiger partial charge in [-0.05, 0) is 29.8 Å². The zero-order chi connectivity index (χ0) is 16.8. The number of nitrogens with one attached hydrogen (secondary N) is 2. The van der Waals surface area contributed by atoms with Crippen LogP contribution in [0.2, 0.25) is 5.02 Å². The first kappa shape index (κ1) is 16.1. The molecule has 2 aromatic carbocycles. The van der Waals surface area contributed by atoms with Crippen LogP contribution in [-0.4, -0.2) is 10.6 Å². The van der Waals surface area contributed by atoms with E-state index in [0.29, 0.717) is 17.3 Å². The molecule has 0 saturated carbocycles. The molecular weight excluding hydrogens is 322 g/mol. The summed E-state index contributed by atoms with van der Waals surface area (Å²) in [5, 5.41) is 6.12. The Labute approximate surface area is 146 Å². The Hall–Kier alpha value is -2.72. The first-order valence-electron chi connectivity index (χ1n) is 7.70. The van der Waals surface area contributed by atoms with Crippen LogP contribution in [0.5, 0.6) is 0 Å². The number of carbonyl (C=O) groups is 1. The van der Waals surface area contributed by atoms with Crippen LogP contribution < -0.4 is 10.6 Å². The number of anilines is 1. The average Bonchev–Trinajstić information content (AvgIpc) is 3.03. The third-order valence-electron chi connectivity index (χ3n) is 3.67. The van der Waals surface area contributed by atoms with Crippen molar-refractivity contribution in [2.75, 3.05) is 5.32 Å². The number of hydrogen-bond acceptors (Lipinski definition) is 1. The highest BCUT2D eigenvalue weighted by Gasteiger charge is 2.07. The minimum absolute atomic E-state index is 0.282. The Balaban J connectivity index is 1.58. The Kier molecular flexibility index (Phi) is 5.18. The number of hydrogen-bond donors (Lipinski definition) is 2. The summed E-state index contributed by atoms with van der Waals surface area (Å²) < 4.78 is 2.12. The zero-order valence-electron chi connectivity index (χ0n) is 13.1. The predicted octanol–water partition coefficient (Wildman–Crippen LogP) is 4.51. The molecule has 1 aromatic heterocycles. The highest BCUT2D eigenvalue weighted by atomic mass is 35.5. The molecule has 3 rings (SSSR count). The van der Waals surface area contributed by atoms with E-state index in [1.165, 1.54) is 5.56 Å². The molecule has 0 aliphatic carbocycles. The molecule has 2 amide bonds. The van der Waals surface area contributed by atoms with Gasteiger partial charge in [0.1, 0.15) is 0 Å². The fourth-order valence-corrected chi connectivity index (χ4v) is 2.63. The Morgan fingerprint density at radius 2 is 1.71 bits per heavy atom. The van der Waals surface area contributed by atoms with Crippen LogP contribution in [0.4, 0.5) is 10.5 Å². The van der Waals surface area contributed by atoms with Gasteiger partial charge in [0.05, 0.1) is 17.3 Å². The zero-order valence-corrected chi connectivity index (χ0v) is 13.8. The SMILES string of the molecule is O=C(NCc1cccn1Cc1ccccc1)Nc1ccccc1Cl. The molecule has 0 fully saturated rings. The van der Waals surface area contributed by atoms with Crippen molar-refractivity contribution in [1.82, 2.24) is 9.88 Å². The van der Waals surface area contributed by atoms with Gasteiger partial charge in [-0.25, -0.2) is 4.79 Å². The third-order valence-corrected chi connectivity index (χ3v) is 4.00. The molecule has 1 heterocycles. The van der Waals surface area contributed by atoms with Crippen molar-refractivity contribution < 1.29 is 4.79 Å². The molecular formula is C19H18ClN3O. The van der Waals surface area contributed by atoms with Gasteiger partial charge in [-0.15, -0.1) is 0 Å². The number of nitrogens with zero attached hydrogens (tertiary/aromatic N) is 1. The van der Waals surface area contributed by atoms with E-state index in [1.54, 1.807) is 12.1 Å². The highest BCUT2D eigenvalue weighted by molar-refractivity contribution is 6.33. The quantitative estimate of drug-likeness (QED) is 0.705. The maximum atomic E-state index is 12.0. The van der Waals surface area contributed by atoms with Crippen LogP contribution in [0.25, 0.3) is 0 Å². The summed E-state index contributed by atoms with van der Waals surface area (Å²) in [6, 6.07) is 21.1. The van der Waals surface area contributed by atoms with E-state index in [-0.39, 0.29) is 6.03 Å². The molecule has 0 atom stereocenters. The molecule has 0 aliphatic rings. The summed E-state index contributed by atoms with van der Waals surface area (Å²) in [6.45, 7) is 1.22. The predicted molar refractivity (Wildman–Crippen MR) is 97.3 cm³/mol. The number of benzene rings is 2. The van der Waals surface area contributed by atoms with E-state index in [4.69, 9.17) is 11.6 Å². The van der Waals surface area contributed by atoms with Gasteiger partial charge >= 0.3 is 6.03 Å². The normalized spacial score (nSPS) is 10.4. The van der Waals surface area contributed by atoms with Crippen molar-refractivity contribution in [3.05, 3.63) is 89.2 Å². The number of aromatic nitrogens is 1. The lowest BCUT2D eigenvalue weighted by atomic mass is 10.2. The summed E-state index contributed by atoms with van der Waals surface area (Å²) in [5.41, 5.74) is 2.85. The second-order valence-corrected chi connectivity index (χ2v) is 5.81. The number of carbonyl (C=O) groups excluding carboxylic acids is 1. The summed E-state index contributed by atoms with van der Waals surface area (Å²) in [7, 11) is 0. The number of amides is 2. The number of halogens is 1. The van der Waals surface area contributed by atoms with Crippen LogP contribution in [0.15, 0.2) is 72.9 Å². The Morgan fingerprint density at radius 1 is 0.958 bits per heavy atom. The van der Waals surface area contributed by atoms with Gasteiger partial charge in [0.2, 0.25) is 0 Å². The number of urea groups is 1. The molecule has 0 spiro atoms. The minimum atomic E-state index is -0.282. The highest BCUT2D eigenvalue weighted by Crippen LogP contribution is 2.20. The van der Waals surface area contributed by atoms with Crippen molar-refractivity contribution in [2.45, 2.75) is 13.1 Å². The average molecular weight is 340 g/mol. The molecule has 0 unspecified atom stereocenters. The molecule has 0 radical (unpaired) electrons. The summed E-state index contributed by atoms with van der Waals surface area (Å²) in [4.78, 5) is 12.0. The van der Waals surface area contributed by atoms with Gasteiger partial charge in [0.25, 0.3) is 0 Å². The summed E-state index contributed by atoms with van der Waals surface area (Å²) >= 11 is 6.04. The molecule has 4 nitrogen and oxygen atoms in total. The van der Waals surface area contributed by atoms with Crippen molar-refractivity contribution in [3.63, 3.8) is 0 Å². The van der Waals surface area contributed by atoms with Crippen molar-refractivity contribution in [2.24, 2.45) is 0 Å². The molecule has 122 valence electrons. The lowest BCUT2D eigenvalue weighted by molar-refractivity contribution is 0.251. The summed E-state index contributed by atoms with van der Waals surface area (Å²) in [5.74, 6) is 0. The maximum absolute atomic E-state index is 12.0. The third kappa shape index (κ3) is 4.18. The van der Waals surface area contributed by atoms with Crippen LogP contribution >= 0.6 is 11.6 Å². The van der Waals surface area contributed by atoms with E-state index in [9.17, 15) is 4.79 Å². The van der Waals surface area contributed by atoms with E-state index in [1.807, 2.05) is 48.7 Å². The van der Waals surface area contributed by atoms with Gasteiger partial charge in [-0.3, -0.25) is 0 Å². The fourth-order valence-electron chi connectivity index (χ4n) is 2.44. The lowest BCUT2D eigenvalue weighted by Crippen LogP contribution is -2.29. The summed E-state index contributed by atoms with van der Waals surface area (Å²) in [6.07, 6.45) is 2.01. The molecule has 5 heteroatoms. The smallest absolute Gasteiger partial charge is 0.319 e. The molecule has 0 bridgehead atoms. The van der Waals surface area contributed by atoms with Gasteiger partial charge in [0.15, 0.2) is 0 Å². The second-order valence-electron chi connectivity index (χ2n) is 5.40. The van der Waals surface area contributed by atoms with Gasteiger partial charge < -0.3 is 15.2 Å². The van der Waals surface area contributed by atoms with Crippen LogP contribution in [0, 0.1) is 0 Å². The molecule has 3 aromatic rings. The molecule has 0 aliphatic heterocycles. The largest absolute Gasteiger partial charge is 0.345 e. The monoisotopic (exact) mass is 339 g/mol. The van der Waals surface area contributed by atoms with Crippen molar-refractivity contribution in [3.8, 4) is 0 Å². The Morgan fingerprint density at radius 3 is 2.50 bits per heavy atom.